The molecule has 1 fully saturated rings. The number of amides is 4. The Morgan fingerprint density at radius 1 is 1.03 bits per heavy atom. The lowest BCUT2D eigenvalue weighted by Gasteiger charge is -2.32. The number of nitrogens with one attached hydrogen (secondary N) is 3. The Balaban J connectivity index is 1.42. The molecule has 2 aromatic carbocycles. The monoisotopic (exact) mass is 442 g/mol. The van der Waals surface area contributed by atoms with E-state index in [2.05, 4.69) is 16.0 Å². The number of methoxy groups -OCH3 is 1. The van der Waals surface area contributed by atoms with E-state index in [0.29, 0.717) is 49.6 Å². The van der Waals surface area contributed by atoms with Gasteiger partial charge in [0.15, 0.2) is 0 Å². The van der Waals surface area contributed by atoms with Crippen molar-refractivity contribution < 1.29 is 23.5 Å². The van der Waals surface area contributed by atoms with Gasteiger partial charge in [-0.1, -0.05) is 6.07 Å². The molecular weight excluding hydrogens is 415 g/mol. The van der Waals surface area contributed by atoms with E-state index in [0.717, 1.165) is 5.56 Å². The number of carbonyl (C=O) groups is 3. The third-order valence-corrected chi connectivity index (χ3v) is 5.36. The molecule has 0 saturated carbocycles. The molecule has 8 nitrogen and oxygen atoms in total. The third-order valence-electron chi connectivity index (χ3n) is 5.36. The summed E-state index contributed by atoms with van der Waals surface area (Å²) in [7, 11) is 1.49. The van der Waals surface area contributed by atoms with Crippen LogP contribution in [0.5, 0.6) is 5.75 Å². The fourth-order valence-electron chi connectivity index (χ4n) is 3.49. The average Bonchev–Trinajstić information content (AvgIpc) is 2.79. The molecule has 4 amide bonds. The van der Waals surface area contributed by atoms with Gasteiger partial charge in [-0.25, -0.2) is 9.18 Å². The zero-order valence-corrected chi connectivity index (χ0v) is 18.1. The van der Waals surface area contributed by atoms with Crippen molar-refractivity contribution in [3.8, 4) is 5.75 Å². The number of likely N-dealkylation sites (tertiary alicyclic amines) is 1. The molecule has 1 heterocycles. The van der Waals surface area contributed by atoms with E-state index in [1.165, 1.54) is 31.4 Å². The zero-order valence-electron chi connectivity index (χ0n) is 18.1. The highest BCUT2D eigenvalue weighted by atomic mass is 19.1. The van der Waals surface area contributed by atoms with Gasteiger partial charge < -0.3 is 25.6 Å². The SMILES string of the molecule is COc1ccc(C)cc1NC(=O)C(=O)NCC1CCN(C(=O)Nc2ccc(F)cc2)CC1. The predicted molar refractivity (Wildman–Crippen MR) is 119 cm³/mol. The summed E-state index contributed by atoms with van der Waals surface area (Å²) in [6.07, 6.45) is 1.40. The van der Waals surface area contributed by atoms with Crippen LogP contribution in [-0.2, 0) is 9.59 Å². The molecule has 0 radical (unpaired) electrons. The number of anilines is 2. The molecule has 1 saturated heterocycles. The Morgan fingerprint density at radius 3 is 2.38 bits per heavy atom. The smallest absolute Gasteiger partial charge is 0.321 e. The number of benzene rings is 2. The number of piperidine rings is 1. The van der Waals surface area contributed by atoms with Crippen LogP contribution in [-0.4, -0.2) is 49.5 Å². The van der Waals surface area contributed by atoms with Crippen molar-refractivity contribution in [3.63, 3.8) is 0 Å². The molecule has 1 aliphatic heterocycles. The molecule has 1 aliphatic rings. The summed E-state index contributed by atoms with van der Waals surface area (Å²) in [6.45, 7) is 3.28. The molecule has 3 rings (SSSR count). The van der Waals surface area contributed by atoms with Gasteiger partial charge in [0.2, 0.25) is 0 Å². The van der Waals surface area contributed by atoms with Crippen LogP contribution in [0.4, 0.5) is 20.6 Å². The van der Waals surface area contributed by atoms with Crippen LogP contribution in [0, 0.1) is 18.7 Å². The number of rotatable bonds is 5. The second-order valence-electron chi connectivity index (χ2n) is 7.74. The van der Waals surface area contributed by atoms with E-state index < -0.39 is 11.8 Å². The second kappa shape index (κ2) is 10.6. The van der Waals surface area contributed by atoms with Crippen molar-refractivity contribution in [1.82, 2.24) is 10.2 Å². The standard InChI is InChI=1S/C23H27FN4O4/c1-15-3-8-20(32-2)19(13-15)27-22(30)21(29)25-14-16-9-11-28(12-10-16)23(31)26-18-6-4-17(24)5-7-18/h3-8,13,16H,9-12,14H2,1-2H3,(H,25,29)(H,26,31)(H,27,30). The Hall–Kier alpha value is -3.62. The molecule has 0 bridgehead atoms. The molecule has 0 atom stereocenters. The van der Waals surface area contributed by atoms with Crippen molar-refractivity contribution in [2.24, 2.45) is 5.92 Å². The van der Waals surface area contributed by atoms with Crippen LogP contribution in [0.2, 0.25) is 0 Å². The minimum atomic E-state index is -0.759. The number of hydrogen-bond acceptors (Lipinski definition) is 4. The Labute approximate surface area is 186 Å². The normalized spacial score (nSPS) is 13.9. The third kappa shape index (κ3) is 6.19. The van der Waals surface area contributed by atoms with Crippen molar-refractivity contribution in [2.75, 3.05) is 37.4 Å². The first kappa shape index (κ1) is 23.1. The van der Waals surface area contributed by atoms with Crippen molar-refractivity contribution in [3.05, 3.63) is 53.8 Å². The van der Waals surface area contributed by atoms with Gasteiger partial charge in [0.05, 0.1) is 12.8 Å². The summed E-state index contributed by atoms with van der Waals surface area (Å²) in [5.74, 6) is -1.20. The number of halogens is 1. The first-order valence-electron chi connectivity index (χ1n) is 10.4. The van der Waals surface area contributed by atoms with Crippen LogP contribution in [0.15, 0.2) is 42.5 Å². The number of nitrogens with zero attached hydrogens (tertiary/aromatic N) is 1. The van der Waals surface area contributed by atoms with Gasteiger partial charge in [0.25, 0.3) is 0 Å². The molecule has 0 unspecified atom stereocenters. The summed E-state index contributed by atoms with van der Waals surface area (Å²) in [4.78, 5) is 38.5. The highest BCUT2D eigenvalue weighted by Gasteiger charge is 2.24. The number of hydrogen-bond donors (Lipinski definition) is 3. The van der Waals surface area contributed by atoms with E-state index in [1.807, 2.05) is 13.0 Å². The van der Waals surface area contributed by atoms with Crippen LogP contribution in [0.25, 0.3) is 0 Å². The van der Waals surface area contributed by atoms with Gasteiger partial charge in [-0.15, -0.1) is 0 Å². The van der Waals surface area contributed by atoms with E-state index in [1.54, 1.807) is 17.0 Å². The molecule has 2 aromatic rings. The predicted octanol–water partition coefficient (Wildman–Crippen LogP) is 3.14. The lowest BCUT2D eigenvalue weighted by Crippen LogP contribution is -2.44. The number of ether oxygens (including phenoxy) is 1. The summed E-state index contributed by atoms with van der Waals surface area (Å²) < 4.78 is 18.2. The lowest BCUT2D eigenvalue weighted by atomic mass is 9.97. The van der Waals surface area contributed by atoms with Gasteiger partial charge in [-0.3, -0.25) is 9.59 Å². The van der Waals surface area contributed by atoms with Gasteiger partial charge in [-0.05, 0) is 67.6 Å². The fourth-order valence-corrected chi connectivity index (χ4v) is 3.49. The highest BCUT2D eigenvalue weighted by Crippen LogP contribution is 2.25. The zero-order chi connectivity index (χ0) is 23.1. The summed E-state index contributed by atoms with van der Waals surface area (Å²) >= 11 is 0. The first-order chi connectivity index (χ1) is 15.4. The second-order valence-corrected chi connectivity index (χ2v) is 7.74. The number of urea groups is 1. The molecule has 0 aliphatic carbocycles. The van der Waals surface area contributed by atoms with Gasteiger partial charge >= 0.3 is 17.8 Å². The van der Waals surface area contributed by atoms with E-state index in [9.17, 15) is 18.8 Å². The van der Waals surface area contributed by atoms with Gasteiger partial charge in [-0.2, -0.15) is 0 Å². The quantitative estimate of drug-likeness (QED) is 0.620. The molecule has 9 heteroatoms. The maximum Gasteiger partial charge on any atom is 0.321 e. The molecule has 0 aromatic heterocycles. The minimum absolute atomic E-state index is 0.162. The lowest BCUT2D eigenvalue weighted by molar-refractivity contribution is -0.136. The van der Waals surface area contributed by atoms with E-state index in [4.69, 9.17) is 4.74 Å². The summed E-state index contributed by atoms with van der Waals surface area (Å²) in [6, 6.07) is 10.6. The first-order valence-corrected chi connectivity index (χ1v) is 10.4. The summed E-state index contributed by atoms with van der Waals surface area (Å²) in [5, 5.41) is 7.99. The molecule has 0 spiro atoms. The van der Waals surface area contributed by atoms with Crippen LogP contribution < -0.4 is 20.7 Å². The molecule has 32 heavy (non-hydrogen) atoms. The molecule has 170 valence electrons. The van der Waals surface area contributed by atoms with Crippen LogP contribution >= 0.6 is 0 Å². The van der Waals surface area contributed by atoms with Crippen LogP contribution in [0.3, 0.4) is 0 Å². The number of aryl methyl sites for hydroxylation is 1. The topological polar surface area (TPSA) is 99.8 Å². The maximum absolute atomic E-state index is 13.0. The minimum Gasteiger partial charge on any atom is -0.495 e. The largest absolute Gasteiger partial charge is 0.495 e. The Morgan fingerprint density at radius 2 is 1.72 bits per heavy atom. The van der Waals surface area contributed by atoms with Gasteiger partial charge in [0.1, 0.15) is 11.6 Å². The van der Waals surface area contributed by atoms with Crippen molar-refractivity contribution in [2.45, 2.75) is 19.8 Å². The molecule has 3 N–H and O–H groups in total. The van der Waals surface area contributed by atoms with Crippen molar-refractivity contribution >= 4 is 29.2 Å². The fraction of sp³-hybridized carbons (Fsp3) is 0.348. The maximum atomic E-state index is 13.0. The van der Waals surface area contributed by atoms with Gasteiger partial charge in [0, 0.05) is 25.3 Å². The Bertz CT molecular complexity index is 972. The number of carbonyl (C=O) groups excluding carboxylic acids is 3. The Kier molecular flexibility index (Phi) is 7.64. The summed E-state index contributed by atoms with van der Waals surface area (Å²) in [5.41, 5.74) is 1.90. The molecular formula is C23H27FN4O4. The average molecular weight is 442 g/mol. The van der Waals surface area contributed by atoms with E-state index >= 15 is 0 Å². The highest BCUT2D eigenvalue weighted by molar-refractivity contribution is 6.39. The van der Waals surface area contributed by atoms with Crippen LogP contribution in [0.1, 0.15) is 18.4 Å². The van der Waals surface area contributed by atoms with Crippen molar-refractivity contribution in [1.29, 1.82) is 0 Å². The van der Waals surface area contributed by atoms with E-state index in [-0.39, 0.29) is 17.8 Å².